The summed E-state index contributed by atoms with van der Waals surface area (Å²) < 4.78 is 0. The fourth-order valence-corrected chi connectivity index (χ4v) is 3.70. The number of hydrogen-bond acceptors (Lipinski definition) is 3. The van der Waals surface area contributed by atoms with Gasteiger partial charge in [0.1, 0.15) is 0 Å². The van der Waals surface area contributed by atoms with Gasteiger partial charge in [-0.2, -0.15) is 0 Å². The molecule has 22 heavy (non-hydrogen) atoms. The average molecular weight is 302 g/mol. The quantitative estimate of drug-likeness (QED) is 0.889. The number of carbonyl (C=O) groups excluding carboxylic acids is 1. The predicted octanol–water partition coefficient (Wildman–Crippen LogP) is 1.65. The Kier molecular flexibility index (Phi) is 4.16. The molecule has 1 fully saturated rings. The maximum absolute atomic E-state index is 12.9. The van der Waals surface area contributed by atoms with Crippen LogP contribution in [0.25, 0.3) is 0 Å². The van der Waals surface area contributed by atoms with Crippen molar-refractivity contribution in [1.82, 2.24) is 0 Å². The van der Waals surface area contributed by atoms with Crippen LogP contribution in [0.4, 0.5) is 5.69 Å². The van der Waals surface area contributed by atoms with Crippen molar-refractivity contribution < 1.29 is 14.7 Å². The summed E-state index contributed by atoms with van der Waals surface area (Å²) in [6.07, 6.45) is 2.63. The van der Waals surface area contributed by atoms with Gasteiger partial charge in [0, 0.05) is 18.2 Å². The minimum atomic E-state index is -0.783. The zero-order valence-corrected chi connectivity index (χ0v) is 12.6. The van der Waals surface area contributed by atoms with E-state index in [9.17, 15) is 9.59 Å². The lowest BCUT2D eigenvalue weighted by molar-refractivity contribution is -0.141. The fraction of sp³-hybridized carbons (Fsp3) is 0.529. The Morgan fingerprint density at radius 1 is 1.23 bits per heavy atom. The molecule has 1 amide bonds. The summed E-state index contributed by atoms with van der Waals surface area (Å²) in [7, 11) is 0. The second-order valence-electron chi connectivity index (χ2n) is 6.43. The molecular weight excluding hydrogens is 280 g/mol. The lowest BCUT2D eigenvalue weighted by atomic mass is 9.91. The van der Waals surface area contributed by atoms with E-state index in [0.29, 0.717) is 32.4 Å². The van der Waals surface area contributed by atoms with Crippen LogP contribution < -0.4 is 10.6 Å². The molecule has 1 aromatic carbocycles. The molecule has 1 unspecified atom stereocenters. The van der Waals surface area contributed by atoms with Crippen LogP contribution in [0, 0.1) is 17.8 Å². The van der Waals surface area contributed by atoms with Gasteiger partial charge in [-0.3, -0.25) is 9.59 Å². The molecule has 1 aromatic rings. The first-order valence-electron chi connectivity index (χ1n) is 7.92. The molecular formula is C17H22N2O3. The Balaban J connectivity index is 1.81. The minimum absolute atomic E-state index is 0.0642. The van der Waals surface area contributed by atoms with E-state index in [2.05, 4.69) is 0 Å². The van der Waals surface area contributed by atoms with Gasteiger partial charge in [0.15, 0.2) is 0 Å². The Morgan fingerprint density at radius 3 is 2.64 bits per heavy atom. The van der Waals surface area contributed by atoms with Crippen molar-refractivity contribution in [3.05, 3.63) is 29.8 Å². The van der Waals surface area contributed by atoms with Crippen molar-refractivity contribution in [1.29, 1.82) is 0 Å². The number of nitrogens with zero attached hydrogens (tertiary/aromatic N) is 1. The smallest absolute Gasteiger partial charge is 0.306 e. The van der Waals surface area contributed by atoms with E-state index in [1.807, 2.05) is 29.2 Å². The molecule has 3 N–H and O–H groups in total. The van der Waals surface area contributed by atoms with Crippen molar-refractivity contribution in [2.24, 2.45) is 23.5 Å². The number of benzene rings is 1. The number of fused-ring (bicyclic) bond motifs is 1. The number of para-hydroxylation sites is 1. The maximum Gasteiger partial charge on any atom is 0.306 e. The zero-order valence-electron chi connectivity index (χ0n) is 12.6. The summed E-state index contributed by atoms with van der Waals surface area (Å²) in [6.45, 7) is 1.20. The molecule has 5 nitrogen and oxygen atoms in total. The lowest BCUT2D eigenvalue weighted by Gasteiger charge is -2.35. The number of rotatable bonds is 3. The van der Waals surface area contributed by atoms with E-state index in [4.69, 9.17) is 10.8 Å². The number of carbonyl (C=O) groups is 2. The third kappa shape index (κ3) is 2.73. The van der Waals surface area contributed by atoms with Crippen LogP contribution in [0.2, 0.25) is 0 Å². The van der Waals surface area contributed by atoms with Crippen molar-refractivity contribution in [2.75, 3.05) is 18.0 Å². The Morgan fingerprint density at radius 2 is 1.95 bits per heavy atom. The van der Waals surface area contributed by atoms with Crippen LogP contribution >= 0.6 is 0 Å². The molecule has 0 spiro atoms. The molecule has 0 bridgehead atoms. The van der Waals surface area contributed by atoms with Crippen molar-refractivity contribution in [3.8, 4) is 0 Å². The van der Waals surface area contributed by atoms with Gasteiger partial charge in [-0.25, -0.2) is 0 Å². The first kappa shape index (κ1) is 15.0. The average Bonchev–Trinajstić information content (AvgIpc) is 3.03. The van der Waals surface area contributed by atoms with Crippen molar-refractivity contribution in [2.45, 2.75) is 25.7 Å². The normalized spacial score (nSPS) is 27.5. The molecule has 3 atom stereocenters. The third-order valence-electron chi connectivity index (χ3n) is 4.96. The fourth-order valence-electron chi connectivity index (χ4n) is 3.70. The SMILES string of the molecule is NCC1Cc2ccccc2N(C(=O)[C@@H]2CC[C@H](C(=O)O)C2)C1. The first-order chi connectivity index (χ1) is 10.6. The van der Waals surface area contributed by atoms with Crippen LogP contribution in [0.3, 0.4) is 0 Å². The summed E-state index contributed by atoms with van der Waals surface area (Å²) in [5.74, 6) is -0.996. The van der Waals surface area contributed by atoms with E-state index in [1.165, 1.54) is 0 Å². The van der Waals surface area contributed by atoms with Crippen molar-refractivity contribution >= 4 is 17.6 Å². The topological polar surface area (TPSA) is 83.6 Å². The van der Waals surface area contributed by atoms with Crippen LogP contribution in [-0.2, 0) is 16.0 Å². The summed E-state index contributed by atoms with van der Waals surface area (Å²) in [6, 6.07) is 7.95. The highest BCUT2D eigenvalue weighted by Crippen LogP contribution is 2.36. The van der Waals surface area contributed by atoms with Gasteiger partial charge in [0.05, 0.1) is 5.92 Å². The molecule has 0 saturated heterocycles. The highest BCUT2D eigenvalue weighted by molar-refractivity contribution is 5.96. The van der Waals surface area contributed by atoms with E-state index in [1.54, 1.807) is 0 Å². The van der Waals surface area contributed by atoms with E-state index in [0.717, 1.165) is 17.7 Å². The van der Waals surface area contributed by atoms with Gasteiger partial charge >= 0.3 is 5.97 Å². The van der Waals surface area contributed by atoms with E-state index < -0.39 is 5.97 Å². The molecule has 1 heterocycles. The predicted molar refractivity (Wildman–Crippen MR) is 83.5 cm³/mol. The number of nitrogens with two attached hydrogens (primary N) is 1. The molecule has 1 aliphatic carbocycles. The summed E-state index contributed by atoms with van der Waals surface area (Å²) >= 11 is 0. The van der Waals surface area contributed by atoms with Crippen molar-refractivity contribution in [3.63, 3.8) is 0 Å². The molecule has 1 aliphatic heterocycles. The standard InChI is InChI=1S/C17H22N2O3/c18-9-11-7-12-3-1-2-4-15(12)19(10-11)16(20)13-5-6-14(8-13)17(21)22/h1-4,11,13-14H,5-10,18H2,(H,21,22)/t11?,13-,14+/m1/s1. The second kappa shape index (κ2) is 6.08. The molecule has 118 valence electrons. The number of aliphatic carboxylic acids is 1. The van der Waals surface area contributed by atoms with Crippen LogP contribution in [0.1, 0.15) is 24.8 Å². The van der Waals surface area contributed by atoms with E-state index in [-0.39, 0.29) is 23.7 Å². The minimum Gasteiger partial charge on any atom is -0.481 e. The number of carboxylic acid groups (broad SMARTS) is 1. The summed E-state index contributed by atoms with van der Waals surface area (Å²) in [4.78, 5) is 25.8. The summed E-state index contributed by atoms with van der Waals surface area (Å²) in [5.41, 5.74) is 7.95. The van der Waals surface area contributed by atoms with E-state index >= 15 is 0 Å². The highest BCUT2D eigenvalue weighted by Gasteiger charge is 2.38. The lowest BCUT2D eigenvalue weighted by Crippen LogP contribution is -2.44. The Labute approximate surface area is 130 Å². The Hall–Kier alpha value is -1.88. The van der Waals surface area contributed by atoms with Gasteiger partial charge in [-0.1, -0.05) is 18.2 Å². The number of anilines is 1. The second-order valence-corrected chi connectivity index (χ2v) is 6.43. The number of hydrogen-bond donors (Lipinski definition) is 2. The van der Waals surface area contributed by atoms with Crippen LogP contribution in [0.15, 0.2) is 24.3 Å². The Bertz CT molecular complexity index is 587. The molecule has 5 heteroatoms. The molecule has 3 rings (SSSR count). The number of carboxylic acids is 1. The van der Waals surface area contributed by atoms with Gasteiger partial charge in [-0.15, -0.1) is 0 Å². The molecule has 1 saturated carbocycles. The number of amides is 1. The van der Waals surface area contributed by atoms with Gasteiger partial charge < -0.3 is 15.7 Å². The van der Waals surface area contributed by atoms with Crippen LogP contribution in [-0.4, -0.2) is 30.1 Å². The van der Waals surface area contributed by atoms with Gasteiger partial charge in [0.25, 0.3) is 0 Å². The van der Waals surface area contributed by atoms with Gasteiger partial charge in [-0.05, 0) is 49.8 Å². The zero-order chi connectivity index (χ0) is 15.7. The molecule has 0 aromatic heterocycles. The molecule has 0 radical (unpaired) electrons. The third-order valence-corrected chi connectivity index (χ3v) is 4.96. The highest BCUT2D eigenvalue weighted by atomic mass is 16.4. The first-order valence-corrected chi connectivity index (χ1v) is 7.92. The summed E-state index contributed by atoms with van der Waals surface area (Å²) in [5, 5.41) is 9.12. The van der Waals surface area contributed by atoms with Crippen LogP contribution in [0.5, 0.6) is 0 Å². The van der Waals surface area contributed by atoms with Gasteiger partial charge in [0.2, 0.25) is 5.91 Å². The maximum atomic E-state index is 12.9. The monoisotopic (exact) mass is 302 g/mol. The molecule has 2 aliphatic rings. The largest absolute Gasteiger partial charge is 0.481 e.